The minimum atomic E-state index is -0.259. The van der Waals surface area contributed by atoms with Crippen LogP contribution >= 0.6 is 0 Å². The van der Waals surface area contributed by atoms with Crippen molar-refractivity contribution in [2.45, 2.75) is 44.7 Å². The molecule has 0 saturated heterocycles. The molecule has 1 saturated carbocycles. The summed E-state index contributed by atoms with van der Waals surface area (Å²) in [6, 6.07) is 1.72. The van der Waals surface area contributed by atoms with Crippen molar-refractivity contribution in [1.82, 2.24) is 25.3 Å². The van der Waals surface area contributed by atoms with Crippen LogP contribution < -0.4 is 10.6 Å². The Balaban J connectivity index is 1.40. The van der Waals surface area contributed by atoms with Crippen LogP contribution in [0.15, 0.2) is 16.8 Å². The highest BCUT2D eigenvalue weighted by atomic mass is 16.5. The Kier molecular flexibility index (Phi) is 4.03. The molecule has 0 aromatic carbocycles. The fourth-order valence-electron chi connectivity index (χ4n) is 3.27. The van der Waals surface area contributed by atoms with Gasteiger partial charge in [-0.15, -0.1) is 0 Å². The zero-order valence-corrected chi connectivity index (χ0v) is 14.1. The molecule has 0 radical (unpaired) electrons. The van der Waals surface area contributed by atoms with Crippen molar-refractivity contribution in [1.29, 1.82) is 0 Å². The summed E-state index contributed by atoms with van der Waals surface area (Å²) in [4.78, 5) is 28.6. The van der Waals surface area contributed by atoms with Crippen molar-refractivity contribution >= 4 is 11.8 Å². The van der Waals surface area contributed by atoms with Crippen molar-refractivity contribution in [3.05, 3.63) is 35.2 Å². The Morgan fingerprint density at radius 2 is 2.20 bits per heavy atom. The van der Waals surface area contributed by atoms with E-state index in [0.717, 1.165) is 43.0 Å². The Bertz CT molecular complexity index is 805. The van der Waals surface area contributed by atoms with E-state index in [2.05, 4.69) is 20.8 Å². The molecule has 2 N–H and O–H groups in total. The van der Waals surface area contributed by atoms with Crippen molar-refractivity contribution in [2.24, 2.45) is 5.92 Å². The molecule has 1 atom stereocenters. The maximum absolute atomic E-state index is 12.3. The number of aryl methyl sites for hydroxylation is 1. The molecule has 2 aromatic rings. The zero-order valence-electron chi connectivity index (χ0n) is 14.1. The van der Waals surface area contributed by atoms with Crippen LogP contribution in [0.5, 0.6) is 0 Å². The summed E-state index contributed by atoms with van der Waals surface area (Å²) in [5.41, 5.74) is 1.20. The quantitative estimate of drug-likeness (QED) is 0.843. The van der Waals surface area contributed by atoms with Crippen LogP contribution in [0.4, 0.5) is 0 Å². The molecule has 0 bridgehead atoms. The van der Waals surface area contributed by atoms with Gasteiger partial charge in [-0.25, -0.2) is 4.98 Å². The highest BCUT2D eigenvalue weighted by Gasteiger charge is 2.29. The van der Waals surface area contributed by atoms with Crippen LogP contribution in [0.2, 0.25) is 0 Å². The highest BCUT2D eigenvalue weighted by Crippen LogP contribution is 2.40. The normalized spacial score (nSPS) is 19.3. The monoisotopic (exact) mass is 343 g/mol. The molecule has 0 spiro atoms. The van der Waals surface area contributed by atoms with E-state index in [-0.39, 0.29) is 17.7 Å². The molecule has 4 rings (SSSR count). The first-order valence-corrected chi connectivity index (χ1v) is 8.65. The lowest BCUT2D eigenvalue weighted by atomic mass is 9.98. The van der Waals surface area contributed by atoms with Gasteiger partial charge in [0.05, 0.1) is 24.4 Å². The molecular weight excluding hydrogens is 322 g/mol. The molecule has 8 nitrogen and oxygen atoms in total. The number of carbonyl (C=O) groups excluding carboxylic acids is 2. The minimum absolute atomic E-state index is 0.0459. The summed E-state index contributed by atoms with van der Waals surface area (Å²) >= 11 is 0. The molecule has 1 unspecified atom stereocenters. The van der Waals surface area contributed by atoms with Crippen molar-refractivity contribution < 1.29 is 14.1 Å². The number of fused-ring (bicyclic) bond motifs is 1. The molecule has 1 aliphatic heterocycles. The fourth-order valence-corrected chi connectivity index (χ4v) is 3.27. The molecule has 2 aromatic heterocycles. The standard InChI is InChI=1S/C17H21N5O3/c1-18-16(23)11-4-5-15-19-7-12(22(15)9-11)8-20-17(24)13-6-14(25-21-13)10-2-3-10/h6-7,10-11H,2-5,8-9H2,1H3,(H,18,23)(H,20,24). The number of amides is 2. The lowest BCUT2D eigenvalue weighted by Crippen LogP contribution is -2.35. The van der Waals surface area contributed by atoms with Gasteiger partial charge < -0.3 is 19.7 Å². The van der Waals surface area contributed by atoms with Crippen LogP contribution in [-0.4, -0.2) is 33.6 Å². The van der Waals surface area contributed by atoms with Gasteiger partial charge in [0.15, 0.2) is 5.69 Å². The largest absolute Gasteiger partial charge is 0.360 e. The van der Waals surface area contributed by atoms with Gasteiger partial charge in [0.2, 0.25) is 5.91 Å². The molecule has 25 heavy (non-hydrogen) atoms. The molecule has 1 fully saturated rings. The maximum atomic E-state index is 12.3. The number of carbonyl (C=O) groups is 2. The Morgan fingerprint density at radius 1 is 1.36 bits per heavy atom. The Hall–Kier alpha value is -2.64. The summed E-state index contributed by atoms with van der Waals surface area (Å²) in [7, 11) is 1.65. The van der Waals surface area contributed by atoms with Gasteiger partial charge in [-0.05, 0) is 19.3 Å². The number of imidazole rings is 1. The predicted molar refractivity (Wildman–Crippen MR) is 87.8 cm³/mol. The van der Waals surface area contributed by atoms with E-state index in [1.807, 2.05) is 4.57 Å². The Morgan fingerprint density at radius 3 is 2.96 bits per heavy atom. The van der Waals surface area contributed by atoms with Gasteiger partial charge in [0.1, 0.15) is 11.6 Å². The van der Waals surface area contributed by atoms with Crippen molar-refractivity contribution in [3.63, 3.8) is 0 Å². The molecule has 2 aliphatic rings. The van der Waals surface area contributed by atoms with Gasteiger partial charge in [0, 0.05) is 32.0 Å². The van der Waals surface area contributed by atoms with Gasteiger partial charge in [-0.2, -0.15) is 0 Å². The molecule has 1 aliphatic carbocycles. The van der Waals surface area contributed by atoms with Gasteiger partial charge in [-0.3, -0.25) is 9.59 Å². The Labute approximate surface area is 145 Å². The lowest BCUT2D eigenvalue weighted by Gasteiger charge is -2.24. The average molecular weight is 343 g/mol. The topological polar surface area (TPSA) is 102 Å². The SMILES string of the molecule is CNC(=O)C1CCc2ncc(CNC(=O)c3cc(C4CC4)on3)n2C1. The second-order valence-corrected chi connectivity index (χ2v) is 6.70. The van der Waals surface area contributed by atoms with E-state index >= 15 is 0 Å². The molecule has 132 valence electrons. The number of nitrogens with zero attached hydrogens (tertiary/aromatic N) is 3. The van der Waals surface area contributed by atoms with Gasteiger partial charge >= 0.3 is 0 Å². The summed E-state index contributed by atoms with van der Waals surface area (Å²) in [5.74, 6) is 1.91. The van der Waals surface area contributed by atoms with E-state index in [1.54, 1.807) is 19.3 Å². The molecule has 2 amide bonds. The van der Waals surface area contributed by atoms with Gasteiger partial charge in [0.25, 0.3) is 5.91 Å². The first kappa shape index (κ1) is 15.9. The third kappa shape index (κ3) is 3.16. The van der Waals surface area contributed by atoms with E-state index in [0.29, 0.717) is 24.7 Å². The van der Waals surface area contributed by atoms with Crippen LogP contribution in [0.1, 0.15) is 52.9 Å². The van der Waals surface area contributed by atoms with Crippen LogP contribution in [0.25, 0.3) is 0 Å². The van der Waals surface area contributed by atoms with Crippen LogP contribution in [0.3, 0.4) is 0 Å². The summed E-state index contributed by atoms with van der Waals surface area (Å²) < 4.78 is 7.25. The zero-order chi connectivity index (χ0) is 17.4. The number of hydrogen-bond acceptors (Lipinski definition) is 5. The fraction of sp³-hybridized carbons (Fsp3) is 0.529. The van der Waals surface area contributed by atoms with Crippen LogP contribution in [0, 0.1) is 5.92 Å². The number of aromatic nitrogens is 3. The van der Waals surface area contributed by atoms with Crippen LogP contribution in [-0.2, 0) is 24.3 Å². The second kappa shape index (κ2) is 6.34. The molecular formula is C17H21N5O3. The highest BCUT2D eigenvalue weighted by molar-refractivity contribution is 5.92. The summed E-state index contributed by atoms with van der Waals surface area (Å²) in [6.45, 7) is 0.938. The summed E-state index contributed by atoms with van der Waals surface area (Å²) in [5, 5.41) is 9.41. The van der Waals surface area contributed by atoms with Crippen molar-refractivity contribution in [2.75, 3.05) is 7.05 Å². The summed E-state index contributed by atoms with van der Waals surface area (Å²) in [6.07, 6.45) is 5.53. The second-order valence-electron chi connectivity index (χ2n) is 6.70. The first-order valence-electron chi connectivity index (χ1n) is 8.65. The third-order valence-electron chi connectivity index (χ3n) is 4.93. The van der Waals surface area contributed by atoms with E-state index < -0.39 is 0 Å². The minimum Gasteiger partial charge on any atom is -0.360 e. The van der Waals surface area contributed by atoms with E-state index in [4.69, 9.17) is 4.52 Å². The number of rotatable bonds is 5. The average Bonchev–Trinajstić information content (AvgIpc) is 3.23. The molecule has 8 heteroatoms. The smallest absolute Gasteiger partial charge is 0.273 e. The lowest BCUT2D eigenvalue weighted by molar-refractivity contribution is -0.125. The van der Waals surface area contributed by atoms with E-state index in [9.17, 15) is 9.59 Å². The number of nitrogens with one attached hydrogen (secondary N) is 2. The predicted octanol–water partition coefficient (Wildman–Crippen LogP) is 0.987. The molecule has 3 heterocycles. The van der Waals surface area contributed by atoms with Gasteiger partial charge in [-0.1, -0.05) is 5.16 Å². The third-order valence-corrected chi connectivity index (χ3v) is 4.93. The van der Waals surface area contributed by atoms with E-state index in [1.165, 1.54) is 0 Å². The maximum Gasteiger partial charge on any atom is 0.273 e. The van der Waals surface area contributed by atoms with Crippen molar-refractivity contribution in [3.8, 4) is 0 Å². The first-order chi connectivity index (χ1) is 12.2. The number of hydrogen-bond donors (Lipinski definition) is 2.